The highest BCUT2D eigenvalue weighted by Crippen LogP contribution is 2.42. The molecule has 5 N–H and O–H groups in total. The first-order valence-corrected chi connectivity index (χ1v) is 11.2. The van der Waals surface area contributed by atoms with Crippen molar-refractivity contribution in [3.8, 4) is 0 Å². The van der Waals surface area contributed by atoms with Gasteiger partial charge in [-0.25, -0.2) is 4.79 Å². The molecule has 0 saturated heterocycles. The highest BCUT2D eigenvalue weighted by molar-refractivity contribution is 8.14. The summed E-state index contributed by atoms with van der Waals surface area (Å²) in [5, 5.41) is 47.7. The molecule has 0 heterocycles. The lowest BCUT2D eigenvalue weighted by Gasteiger charge is -2.38. The third kappa shape index (κ3) is 6.63. The molecule has 9 heteroatoms. The first kappa shape index (κ1) is 24.6. The molecule has 2 saturated carbocycles. The lowest BCUT2D eigenvalue weighted by molar-refractivity contribution is -0.180. The van der Waals surface area contributed by atoms with E-state index in [1.165, 1.54) is 0 Å². The van der Waals surface area contributed by atoms with Crippen molar-refractivity contribution in [3.63, 3.8) is 0 Å². The van der Waals surface area contributed by atoms with E-state index in [9.17, 15) is 35.1 Å². The Kier molecular flexibility index (Phi) is 9.37. The van der Waals surface area contributed by atoms with E-state index >= 15 is 0 Å². The molecule has 8 nitrogen and oxygen atoms in total. The third-order valence-electron chi connectivity index (χ3n) is 6.41. The van der Waals surface area contributed by atoms with Crippen LogP contribution in [0.5, 0.6) is 0 Å². The number of aliphatic hydroxyl groups is 5. The van der Waals surface area contributed by atoms with Gasteiger partial charge in [0, 0.05) is 18.0 Å². The van der Waals surface area contributed by atoms with Gasteiger partial charge in [0.25, 0.3) is 0 Å². The molecular weight excluding hydrogens is 400 g/mol. The summed E-state index contributed by atoms with van der Waals surface area (Å²) in [4.78, 5) is 24.7. The van der Waals surface area contributed by atoms with E-state index in [2.05, 4.69) is 0 Å². The normalized spacial score (nSPS) is 33.8. The zero-order chi connectivity index (χ0) is 21.5. The van der Waals surface area contributed by atoms with Gasteiger partial charge in [0.15, 0.2) is 11.2 Å². The number of hydrogen-bond donors (Lipinski definition) is 5. The molecule has 0 aromatic heterocycles. The van der Waals surface area contributed by atoms with Gasteiger partial charge in [0.2, 0.25) is 0 Å². The van der Waals surface area contributed by atoms with Crippen molar-refractivity contribution in [1.29, 1.82) is 0 Å². The van der Waals surface area contributed by atoms with Crippen LogP contribution in [0.15, 0.2) is 0 Å². The van der Waals surface area contributed by atoms with Crippen molar-refractivity contribution in [2.75, 3.05) is 26.4 Å². The van der Waals surface area contributed by atoms with Crippen molar-refractivity contribution in [2.45, 2.75) is 74.2 Å². The Morgan fingerprint density at radius 1 is 0.897 bits per heavy atom. The van der Waals surface area contributed by atoms with E-state index in [1.54, 1.807) is 0 Å². The molecule has 0 bridgehead atoms. The van der Waals surface area contributed by atoms with E-state index in [0.717, 1.165) is 24.6 Å². The van der Waals surface area contributed by atoms with Crippen LogP contribution in [0, 0.1) is 11.8 Å². The smallest absolute Gasteiger partial charge is 0.336 e. The van der Waals surface area contributed by atoms with Crippen LogP contribution in [0.1, 0.15) is 57.8 Å². The average Bonchev–Trinajstić information content (AvgIpc) is 2.74. The van der Waals surface area contributed by atoms with Crippen LogP contribution in [-0.2, 0) is 14.3 Å². The number of carbonyl (C=O) groups is 2. The maximum atomic E-state index is 12.4. The van der Waals surface area contributed by atoms with Gasteiger partial charge < -0.3 is 30.3 Å². The zero-order valence-corrected chi connectivity index (χ0v) is 17.6. The number of aliphatic hydroxyl groups excluding tert-OH is 5. The number of carbonyl (C=O) groups excluding carboxylic acids is 2. The SMILES string of the molecule is O=C(CC(O)C(=O)OC1(CO)CCC(CO)CC1)SC1(CO)CCC(CO)CC1. The van der Waals surface area contributed by atoms with Crippen molar-refractivity contribution >= 4 is 22.8 Å². The average molecular weight is 435 g/mol. The first-order chi connectivity index (χ1) is 13.8. The Hall–Kier alpha value is -0.710. The molecule has 0 radical (unpaired) electrons. The maximum absolute atomic E-state index is 12.4. The van der Waals surface area contributed by atoms with Crippen molar-refractivity contribution in [2.24, 2.45) is 11.8 Å². The zero-order valence-electron chi connectivity index (χ0n) is 16.8. The second-order valence-electron chi connectivity index (χ2n) is 8.55. The first-order valence-electron chi connectivity index (χ1n) is 10.4. The van der Waals surface area contributed by atoms with E-state index in [4.69, 9.17) is 4.74 Å². The Bertz CT molecular complexity index is 539. The predicted octanol–water partition coefficient (Wildman–Crippen LogP) is 0.368. The fourth-order valence-electron chi connectivity index (χ4n) is 4.16. The third-order valence-corrected chi connectivity index (χ3v) is 7.77. The van der Waals surface area contributed by atoms with Crippen LogP contribution < -0.4 is 0 Å². The largest absolute Gasteiger partial charge is 0.455 e. The van der Waals surface area contributed by atoms with E-state index in [-0.39, 0.29) is 38.3 Å². The highest BCUT2D eigenvalue weighted by Gasteiger charge is 2.41. The molecule has 1 atom stereocenters. The van der Waals surface area contributed by atoms with Gasteiger partial charge in [-0.15, -0.1) is 0 Å². The summed E-state index contributed by atoms with van der Waals surface area (Å²) in [7, 11) is 0. The van der Waals surface area contributed by atoms with Crippen molar-refractivity contribution in [1.82, 2.24) is 0 Å². The number of rotatable bonds is 9. The molecule has 0 aromatic rings. The Morgan fingerprint density at radius 3 is 1.86 bits per heavy atom. The van der Waals surface area contributed by atoms with E-state index < -0.39 is 34.0 Å². The molecule has 0 spiro atoms. The molecule has 168 valence electrons. The number of thioether (sulfide) groups is 1. The van der Waals surface area contributed by atoms with Crippen molar-refractivity contribution in [3.05, 3.63) is 0 Å². The van der Waals surface area contributed by atoms with E-state index in [1.807, 2.05) is 0 Å². The van der Waals surface area contributed by atoms with Crippen LogP contribution in [0.4, 0.5) is 0 Å². The number of hydrogen-bond acceptors (Lipinski definition) is 9. The van der Waals surface area contributed by atoms with Crippen LogP contribution in [0.3, 0.4) is 0 Å². The minimum absolute atomic E-state index is 0.0511. The Labute approximate surface area is 175 Å². The molecule has 2 aliphatic rings. The van der Waals surface area contributed by atoms with E-state index in [0.29, 0.717) is 38.5 Å². The molecule has 2 rings (SSSR count). The Morgan fingerprint density at radius 2 is 1.41 bits per heavy atom. The minimum Gasteiger partial charge on any atom is -0.455 e. The van der Waals surface area contributed by atoms with Gasteiger partial charge in [-0.2, -0.15) is 0 Å². The van der Waals surface area contributed by atoms with Crippen LogP contribution in [0.25, 0.3) is 0 Å². The van der Waals surface area contributed by atoms with Crippen LogP contribution in [0.2, 0.25) is 0 Å². The fraction of sp³-hybridized carbons (Fsp3) is 0.900. The molecular formula is C20H34O8S. The molecule has 2 aliphatic carbocycles. The molecule has 0 aromatic carbocycles. The van der Waals surface area contributed by atoms with Gasteiger partial charge in [0.05, 0.1) is 19.6 Å². The summed E-state index contributed by atoms with van der Waals surface area (Å²) in [6.45, 7) is -0.403. The fourth-order valence-corrected chi connectivity index (χ4v) is 5.39. The Balaban J connectivity index is 1.86. The van der Waals surface area contributed by atoms with Gasteiger partial charge in [-0.3, -0.25) is 4.79 Å². The van der Waals surface area contributed by atoms with Gasteiger partial charge in [-0.1, -0.05) is 11.8 Å². The molecule has 0 aliphatic heterocycles. The predicted molar refractivity (Wildman–Crippen MR) is 107 cm³/mol. The summed E-state index contributed by atoms with van der Waals surface area (Å²) >= 11 is 0.965. The maximum Gasteiger partial charge on any atom is 0.336 e. The molecule has 29 heavy (non-hydrogen) atoms. The standard InChI is InChI=1S/C20H34O8S/c21-10-14-1-5-19(12-23,6-2-14)28-18(27)16(25)9-17(26)29-20(13-24)7-3-15(11-22)4-8-20/h14-16,21-25H,1-13H2. The number of ether oxygens (including phenoxy) is 1. The summed E-state index contributed by atoms with van der Waals surface area (Å²) in [5.41, 5.74) is -1.07. The molecule has 1 unspecified atom stereocenters. The summed E-state index contributed by atoms with van der Waals surface area (Å²) in [6, 6.07) is 0. The summed E-state index contributed by atoms with van der Waals surface area (Å²) in [5.74, 6) is -0.633. The quantitative estimate of drug-likeness (QED) is 0.325. The second-order valence-corrected chi connectivity index (χ2v) is 10.1. The lowest BCUT2D eigenvalue weighted by Crippen LogP contribution is -2.45. The van der Waals surface area contributed by atoms with Gasteiger partial charge in [-0.05, 0) is 63.2 Å². The topological polar surface area (TPSA) is 145 Å². The monoisotopic (exact) mass is 434 g/mol. The van der Waals surface area contributed by atoms with Gasteiger partial charge >= 0.3 is 5.97 Å². The second kappa shape index (κ2) is 11.1. The highest BCUT2D eigenvalue weighted by atomic mass is 32.2. The van der Waals surface area contributed by atoms with Gasteiger partial charge in [0.1, 0.15) is 5.60 Å². The lowest BCUT2D eigenvalue weighted by atomic mass is 9.79. The molecule has 0 amide bonds. The minimum atomic E-state index is -1.63. The summed E-state index contributed by atoms with van der Waals surface area (Å²) < 4.78 is 4.76. The molecule has 2 fully saturated rings. The van der Waals surface area contributed by atoms with Crippen LogP contribution in [-0.4, -0.2) is 79.5 Å². The number of esters is 1. The van der Waals surface area contributed by atoms with Crippen molar-refractivity contribution < 1.29 is 39.9 Å². The summed E-state index contributed by atoms with van der Waals surface area (Å²) in [6.07, 6.45) is 2.59. The van der Waals surface area contributed by atoms with Crippen LogP contribution >= 0.6 is 11.8 Å².